The van der Waals surface area contributed by atoms with Crippen molar-refractivity contribution in [2.75, 3.05) is 26.2 Å². The van der Waals surface area contributed by atoms with E-state index in [9.17, 15) is 14.4 Å². The molecule has 0 aromatic carbocycles. The van der Waals surface area contributed by atoms with Gasteiger partial charge in [-0.1, -0.05) is 6.92 Å². The van der Waals surface area contributed by atoms with Crippen LogP contribution >= 0.6 is 0 Å². The second-order valence-corrected chi connectivity index (χ2v) is 8.52. The van der Waals surface area contributed by atoms with Crippen molar-refractivity contribution < 1.29 is 19.5 Å². The van der Waals surface area contributed by atoms with Gasteiger partial charge in [-0.05, 0) is 57.3 Å². The number of rotatable bonds is 3. The van der Waals surface area contributed by atoms with E-state index in [0.29, 0.717) is 44.7 Å². The third-order valence-electron chi connectivity index (χ3n) is 6.55. The highest BCUT2D eigenvalue weighted by atomic mass is 16.4. The van der Waals surface area contributed by atoms with E-state index < -0.39 is 5.97 Å². The van der Waals surface area contributed by atoms with Gasteiger partial charge in [0.2, 0.25) is 11.8 Å². The predicted octanol–water partition coefficient (Wildman–Crippen LogP) is 2.37. The Bertz CT molecular complexity index is 534. The average molecular weight is 364 g/mol. The van der Waals surface area contributed by atoms with Crippen molar-refractivity contribution in [1.82, 2.24) is 9.80 Å². The molecule has 6 nitrogen and oxygen atoms in total. The molecule has 1 unspecified atom stereocenters. The maximum absolute atomic E-state index is 12.7. The summed E-state index contributed by atoms with van der Waals surface area (Å²) in [7, 11) is 0. The lowest BCUT2D eigenvalue weighted by Crippen LogP contribution is -2.48. The lowest BCUT2D eigenvalue weighted by Gasteiger charge is -2.38. The minimum Gasteiger partial charge on any atom is -0.481 e. The van der Waals surface area contributed by atoms with Crippen LogP contribution in [0.3, 0.4) is 0 Å². The van der Waals surface area contributed by atoms with Crippen LogP contribution in [0.5, 0.6) is 0 Å². The lowest BCUT2D eigenvalue weighted by molar-refractivity contribution is -0.147. The molecule has 2 aliphatic heterocycles. The summed E-state index contributed by atoms with van der Waals surface area (Å²) in [5, 5.41) is 9.09. The van der Waals surface area contributed by atoms with Gasteiger partial charge in [0.15, 0.2) is 0 Å². The van der Waals surface area contributed by atoms with Crippen molar-refractivity contribution in [3.05, 3.63) is 0 Å². The highest BCUT2D eigenvalue weighted by Crippen LogP contribution is 2.31. The zero-order valence-electron chi connectivity index (χ0n) is 15.9. The number of aliphatic carboxylic acids is 1. The zero-order valence-corrected chi connectivity index (χ0v) is 15.9. The van der Waals surface area contributed by atoms with Crippen LogP contribution in [0, 0.1) is 23.7 Å². The smallest absolute Gasteiger partial charge is 0.306 e. The van der Waals surface area contributed by atoms with E-state index in [1.54, 1.807) is 0 Å². The molecule has 1 N–H and O–H groups in total. The van der Waals surface area contributed by atoms with Crippen LogP contribution in [-0.2, 0) is 14.4 Å². The summed E-state index contributed by atoms with van der Waals surface area (Å²) in [5.41, 5.74) is 0. The second kappa shape index (κ2) is 8.40. The van der Waals surface area contributed by atoms with Gasteiger partial charge in [0, 0.05) is 38.0 Å². The molecule has 3 fully saturated rings. The molecule has 0 aromatic heterocycles. The number of carboxylic acid groups (broad SMARTS) is 1. The van der Waals surface area contributed by atoms with Crippen molar-refractivity contribution in [1.29, 1.82) is 0 Å². The highest BCUT2D eigenvalue weighted by Gasteiger charge is 2.35. The molecule has 0 radical (unpaired) electrons. The van der Waals surface area contributed by atoms with Crippen molar-refractivity contribution in [2.24, 2.45) is 23.7 Å². The Morgan fingerprint density at radius 1 is 0.731 bits per heavy atom. The third-order valence-corrected chi connectivity index (χ3v) is 6.55. The number of carboxylic acids is 1. The molecule has 1 saturated carbocycles. The van der Waals surface area contributed by atoms with Gasteiger partial charge in [0.25, 0.3) is 0 Å². The molecule has 2 amide bonds. The summed E-state index contributed by atoms with van der Waals surface area (Å²) >= 11 is 0. The summed E-state index contributed by atoms with van der Waals surface area (Å²) < 4.78 is 0. The van der Waals surface area contributed by atoms with Gasteiger partial charge in [0.05, 0.1) is 5.92 Å². The van der Waals surface area contributed by atoms with E-state index in [-0.39, 0.29) is 29.6 Å². The molecule has 2 saturated heterocycles. The molecule has 3 rings (SSSR count). The molecule has 0 bridgehead atoms. The van der Waals surface area contributed by atoms with Crippen molar-refractivity contribution in [3.63, 3.8) is 0 Å². The summed E-state index contributed by atoms with van der Waals surface area (Å²) in [4.78, 5) is 40.5. The Hall–Kier alpha value is -1.59. The molecule has 0 aromatic rings. The van der Waals surface area contributed by atoms with Gasteiger partial charge < -0.3 is 14.9 Å². The van der Waals surface area contributed by atoms with Gasteiger partial charge in [0.1, 0.15) is 0 Å². The van der Waals surface area contributed by atoms with Gasteiger partial charge in [-0.2, -0.15) is 0 Å². The standard InChI is InChI=1S/C20H32N2O4/c1-14-3-2-10-22(13-14)19(24)16-8-11-21(12-9-16)18(23)15-4-6-17(7-5-15)20(25)26/h14-17H,2-13H2,1H3,(H,25,26). The minimum absolute atomic E-state index is 0.0270. The minimum atomic E-state index is -0.734. The Morgan fingerprint density at radius 3 is 1.85 bits per heavy atom. The number of hydrogen-bond donors (Lipinski definition) is 1. The van der Waals surface area contributed by atoms with Crippen LogP contribution in [0.4, 0.5) is 0 Å². The van der Waals surface area contributed by atoms with E-state index in [0.717, 1.165) is 32.4 Å². The Balaban J connectivity index is 1.45. The van der Waals surface area contributed by atoms with E-state index in [1.807, 2.05) is 9.80 Å². The van der Waals surface area contributed by atoms with Crippen LogP contribution < -0.4 is 0 Å². The topological polar surface area (TPSA) is 77.9 Å². The maximum Gasteiger partial charge on any atom is 0.306 e. The van der Waals surface area contributed by atoms with E-state index >= 15 is 0 Å². The number of piperidine rings is 2. The van der Waals surface area contributed by atoms with Gasteiger partial charge >= 0.3 is 5.97 Å². The molecule has 1 atom stereocenters. The number of likely N-dealkylation sites (tertiary alicyclic amines) is 2. The molecule has 0 spiro atoms. The van der Waals surface area contributed by atoms with Crippen LogP contribution in [0.2, 0.25) is 0 Å². The molecule has 2 heterocycles. The molecular formula is C20H32N2O4. The van der Waals surface area contributed by atoms with E-state index in [4.69, 9.17) is 5.11 Å². The monoisotopic (exact) mass is 364 g/mol. The summed E-state index contributed by atoms with van der Waals surface area (Å²) in [6.07, 6.45) is 6.41. The van der Waals surface area contributed by atoms with Crippen molar-refractivity contribution in [2.45, 2.75) is 58.3 Å². The zero-order chi connectivity index (χ0) is 18.7. The molecule has 3 aliphatic rings. The molecule has 146 valence electrons. The second-order valence-electron chi connectivity index (χ2n) is 8.52. The van der Waals surface area contributed by atoms with Crippen molar-refractivity contribution >= 4 is 17.8 Å². The van der Waals surface area contributed by atoms with Crippen LogP contribution in [0.1, 0.15) is 58.3 Å². The fourth-order valence-corrected chi connectivity index (χ4v) is 4.84. The first-order valence-corrected chi connectivity index (χ1v) is 10.3. The molecule has 1 aliphatic carbocycles. The maximum atomic E-state index is 12.7. The first-order valence-electron chi connectivity index (χ1n) is 10.3. The average Bonchev–Trinajstić information content (AvgIpc) is 2.67. The number of hydrogen-bond acceptors (Lipinski definition) is 3. The number of carbonyl (C=O) groups is 3. The predicted molar refractivity (Wildman–Crippen MR) is 97.4 cm³/mol. The first-order chi connectivity index (χ1) is 12.5. The number of nitrogens with zero attached hydrogens (tertiary/aromatic N) is 2. The third kappa shape index (κ3) is 4.38. The Labute approximate surface area is 155 Å². The quantitative estimate of drug-likeness (QED) is 0.834. The Morgan fingerprint density at radius 2 is 1.27 bits per heavy atom. The van der Waals surface area contributed by atoms with E-state index in [1.165, 1.54) is 6.42 Å². The van der Waals surface area contributed by atoms with Gasteiger partial charge in [-0.15, -0.1) is 0 Å². The SMILES string of the molecule is CC1CCCN(C(=O)C2CCN(C(=O)C3CCC(C(=O)O)CC3)CC2)C1. The number of amides is 2. The van der Waals surface area contributed by atoms with Gasteiger partial charge in [-0.25, -0.2) is 0 Å². The fourth-order valence-electron chi connectivity index (χ4n) is 4.84. The van der Waals surface area contributed by atoms with Crippen LogP contribution in [0.15, 0.2) is 0 Å². The van der Waals surface area contributed by atoms with Gasteiger partial charge in [-0.3, -0.25) is 14.4 Å². The molecule has 6 heteroatoms. The largest absolute Gasteiger partial charge is 0.481 e. The molecular weight excluding hydrogens is 332 g/mol. The normalized spacial score (nSPS) is 30.9. The lowest BCUT2D eigenvalue weighted by atomic mass is 9.81. The molecule has 26 heavy (non-hydrogen) atoms. The van der Waals surface area contributed by atoms with E-state index in [2.05, 4.69) is 6.92 Å². The van der Waals surface area contributed by atoms with Crippen LogP contribution in [-0.4, -0.2) is 58.9 Å². The van der Waals surface area contributed by atoms with Crippen LogP contribution in [0.25, 0.3) is 0 Å². The summed E-state index contributed by atoms with van der Waals surface area (Å²) in [6, 6.07) is 0. The fraction of sp³-hybridized carbons (Fsp3) is 0.850. The summed E-state index contributed by atoms with van der Waals surface area (Å²) in [5.74, 6) is 0.0664. The highest BCUT2D eigenvalue weighted by molar-refractivity contribution is 5.81. The first kappa shape index (κ1) is 19.2. The number of carbonyl (C=O) groups excluding carboxylic acids is 2. The van der Waals surface area contributed by atoms with Crippen molar-refractivity contribution in [3.8, 4) is 0 Å². The Kier molecular flexibility index (Phi) is 6.20. The summed E-state index contributed by atoms with van der Waals surface area (Å²) in [6.45, 7) is 5.30.